The maximum atomic E-state index is 13.3. The first-order valence-corrected chi connectivity index (χ1v) is 11.3. The number of benzene rings is 2. The molecule has 2 saturated heterocycles. The Bertz CT molecular complexity index is 1210. The van der Waals surface area contributed by atoms with E-state index in [1.54, 1.807) is 54.5 Å². The number of carbonyl (C=O) groups excluding carboxylic acids is 2. The molecule has 0 spiro atoms. The zero-order valence-electron chi connectivity index (χ0n) is 18.7. The summed E-state index contributed by atoms with van der Waals surface area (Å²) in [6.45, 7) is 1.58. The molecule has 2 aliphatic rings. The second kappa shape index (κ2) is 9.15. The number of methoxy groups -OCH3 is 1. The van der Waals surface area contributed by atoms with Crippen LogP contribution in [-0.2, 0) is 9.59 Å². The van der Waals surface area contributed by atoms with Crippen LogP contribution in [0.5, 0.6) is 5.75 Å². The minimum atomic E-state index is -0.669. The Morgan fingerprint density at radius 1 is 1.06 bits per heavy atom. The van der Waals surface area contributed by atoms with Gasteiger partial charge in [0.2, 0.25) is 0 Å². The highest BCUT2D eigenvalue weighted by molar-refractivity contribution is 6.51. The summed E-state index contributed by atoms with van der Waals surface area (Å²) in [5.74, 6) is -0.794. The van der Waals surface area contributed by atoms with E-state index in [9.17, 15) is 14.7 Å². The van der Waals surface area contributed by atoms with Gasteiger partial charge in [-0.1, -0.05) is 17.3 Å². The van der Waals surface area contributed by atoms with Gasteiger partial charge in [-0.3, -0.25) is 14.5 Å². The van der Waals surface area contributed by atoms with Crippen LogP contribution in [-0.4, -0.2) is 48.2 Å². The third-order valence-electron chi connectivity index (χ3n) is 6.56. The normalized spacial score (nSPS) is 20.6. The maximum Gasteiger partial charge on any atom is 0.299 e. The van der Waals surface area contributed by atoms with E-state index in [2.05, 4.69) is 10.5 Å². The standard InChI is InChI=1S/C26H25N3O5/c1-33-20-8-4-18(5-9-20)24(30)22-23(17-10-13-27-14-11-17)29(26(32)25(22)31)19-6-2-16(3-7-19)21-12-15-34-28-21/h2-9,12,15,17,23,27,30H,10-11,13-14H2,1H3. The van der Waals surface area contributed by atoms with Crippen molar-refractivity contribution in [1.82, 2.24) is 10.5 Å². The molecule has 3 heterocycles. The molecule has 1 aromatic heterocycles. The lowest BCUT2D eigenvalue weighted by Gasteiger charge is -2.34. The zero-order chi connectivity index (χ0) is 23.7. The van der Waals surface area contributed by atoms with Gasteiger partial charge in [-0.05, 0) is 68.2 Å². The Morgan fingerprint density at radius 3 is 2.38 bits per heavy atom. The summed E-state index contributed by atoms with van der Waals surface area (Å²) in [5, 5.41) is 18.5. The highest BCUT2D eigenvalue weighted by atomic mass is 16.5. The number of hydrogen-bond acceptors (Lipinski definition) is 7. The molecule has 2 aliphatic heterocycles. The van der Waals surface area contributed by atoms with Crippen LogP contribution in [0.4, 0.5) is 5.69 Å². The number of nitrogens with one attached hydrogen (secondary N) is 1. The first-order chi connectivity index (χ1) is 16.6. The molecule has 5 rings (SSSR count). The fraction of sp³-hybridized carbons (Fsp3) is 0.269. The molecule has 8 nitrogen and oxygen atoms in total. The highest BCUT2D eigenvalue weighted by Crippen LogP contribution is 2.39. The second-order valence-corrected chi connectivity index (χ2v) is 8.46. The van der Waals surface area contributed by atoms with Crippen molar-refractivity contribution in [2.75, 3.05) is 25.1 Å². The van der Waals surface area contributed by atoms with Crippen molar-refractivity contribution in [3.05, 3.63) is 72.0 Å². The molecule has 1 unspecified atom stereocenters. The van der Waals surface area contributed by atoms with Crippen LogP contribution in [0, 0.1) is 5.92 Å². The third kappa shape index (κ3) is 3.86. The van der Waals surface area contributed by atoms with Gasteiger partial charge in [-0.15, -0.1) is 0 Å². The predicted molar refractivity (Wildman–Crippen MR) is 126 cm³/mol. The summed E-state index contributed by atoms with van der Waals surface area (Å²) < 4.78 is 10.1. The van der Waals surface area contributed by atoms with Crippen molar-refractivity contribution < 1.29 is 24.0 Å². The van der Waals surface area contributed by atoms with E-state index in [0.717, 1.165) is 31.5 Å². The van der Waals surface area contributed by atoms with E-state index < -0.39 is 17.7 Å². The summed E-state index contributed by atoms with van der Waals surface area (Å²) >= 11 is 0. The number of ketones is 1. The minimum absolute atomic E-state index is 0.0299. The molecule has 3 aromatic rings. The van der Waals surface area contributed by atoms with Gasteiger partial charge in [0.15, 0.2) is 0 Å². The number of anilines is 1. The Balaban J connectivity index is 1.58. The Labute approximate surface area is 196 Å². The molecule has 0 radical (unpaired) electrons. The van der Waals surface area contributed by atoms with E-state index in [1.807, 2.05) is 12.1 Å². The molecule has 1 atom stereocenters. The summed E-state index contributed by atoms with van der Waals surface area (Å²) in [4.78, 5) is 28.1. The average Bonchev–Trinajstić information content (AvgIpc) is 3.52. The van der Waals surface area contributed by atoms with Crippen molar-refractivity contribution in [3.8, 4) is 17.0 Å². The Morgan fingerprint density at radius 2 is 1.76 bits per heavy atom. The number of rotatable bonds is 5. The van der Waals surface area contributed by atoms with E-state index >= 15 is 0 Å². The highest BCUT2D eigenvalue weighted by Gasteiger charge is 2.49. The quantitative estimate of drug-likeness (QED) is 0.341. The molecule has 1 amide bonds. The lowest BCUT2D eigenvalue weighted by atomic mass is 9.84. The van der Waals surface area contributed by atoms with Crippen molar-refractivity contribution >= 4 is 23.1 Å². The van der Waals surface area contributed by atoms with Gasteiger partial charge in [0.1, 0.15) is 23.5 Å². The Kier molecular flexibility index (Phi) is 5.90. The molecule has 8 heteroatoms. The number of amides is 1. The number of Topliss-reactive ketones (excluding diaryl/α,β-unsaturated/α-hetero) is 1. The second-order valence-electron chi connectivity index (χ2n) is 8.46. The van der Waals surface area contributed by atoms with E-state index in [-0.39, 0.29) is 17.3 Å². The minimum Gasteiger partial charge on any atom is -0.507 e. The molecule has 2 N–H and O–H groups in total. The van der Waals surface area contributed by atoms with Crippen LogP contribution >= 0.6 is 0 Å². The first-order valence-electron chi connectivity index (χ1n) is 11.3. The van der Waals surface area contributed by atoms with Gasteiger partial charge in [0, 0.05) is 22.9 Å². The van der Waals surface area contributed by atoms with Crippen LogP contribution < -0.4 is 15.0 Å². The fourth-order valence-corrected chi connectivity index (χ4v) is 4.80. The van der Waals surface area contributed by atoms with Gasteiger partial charge in [0.25, 0.3) is 11.7 Å². The molecule has 2 fully saturated rings. The summed E-state index contributed by atoms with van der Waals surface area (Å²) in [6.07, 6.45) is 3.08. The molecule has 0 bridgehead atoms. The number of carbonyl (C=O) groups is 2. The van der Waals surface area contributed by atoms with Crippen molar-refractivity contribution in [2.45, 2.75) is 18.9 Å². The molecule has 34 heavy (non-hydrogen) atoms. The smallest absolute Gasteiger partial charge is 0.299 e. The SMILES string of the molecule is COc1ccc(C(O)=C2C(=O)C(=O)N(c3ccc(-c4ccon4)cc3)C2C2CCNCC2)cc1. The van der Waals surface area contributed by atoms with Crippen molar-refractivity contribution in [1.29, 1.82) is 0 Å². The first kappa shape index (κ1) is 21.9. The summed E-state index contributed by atoms with van der Waals surface area (Å²) in [5.41, 5.74) is 2.75. The molecule has 2 aromatic carbocycles. The van der Waals surface area contributed by atoms with E-state index in [0.29, 0.717) is 22.7 Å². The number of aromatic nitrogens is 1. The van der Waals surface area contributed by atoms with Gasteiger partial charge < -0.3 is 19.7 Å². The topological polar surface area (TPSA) is 105 Å². The van der Waals surface area contributed by atoms with Crippen LogP contribution in [0.1, 0.15) is 18.4 Å². The summed E-state index contributed by atoms with van der Waals surface area (Å²) in [7, 11) is 1.56. The number of ether oxygens (including phenoxy) is 1. The zero-order valence-corrected chi connectivity index (χ0v) is 18.7. The van der Waals surface area contributed by atoms with E-state index in [1.165, 1.54) is 6.26 Å². The monoisotopic (exact) mass is 459 g/mol. The number of nitrogens with zero attached hydrogens (tertiary/aromatic N) is 2. The van der Waals surface area contributed by atoms with Gasteiger partial charge in [-0.2, -0.15) is 0 Å². The van der Waals surface area contributed by atoms with Crippen LogP contribution in [0.3, 0.4) is 0 Å². The third-order valence-corrected chi connectivity index (χ3v) is 6.56. The van der Waals surface area contributed by atoms with Crippen molar-refractivity contribution in [3.63, 3.8) is 0 Å². The predicted octanol–water partition coefficient (Wildman–Crippen LogP) is 3.60. The molecule has 0 saturated carbocycles. The molecule has 0 aliphatic carbocycles. The van der Waals surface area contributed by atoms with E-state index in [4.69, 9.17) is 9.26 Å². The number of aliphatic hydroxyl groups is 1. The lowest BCUT2D eigenvalue weighted by Crippen LogP contribution is -2.43. The number of hydrogen-bond donors (Lipinski definition) is 2. The van der Waals surface area contributed by atoms with Crippen LogP contribution in [0.2, 0.25) is 0 Å². The van der Waals surface area contributed by atoms with Gasteiger partial charge in [-0.25, -0.2) is 0 Å². The van der Waals surface area contributed by atoms with Gasteiger partial charge in [0.05, 0.1) is 18.7 Å². The molecular weight excluding hydrogens is 434 g/mol. The van der Waals surface area contributed by atoms with Crippen molar-refractivity contribution in [2.24, 2.45) is 5.92 Å². The maximum absolute atomic E-state index is 13.3. The van der Waals surface area contributed by atoms with Crippen LogP contribution in [0.15, 0.2) is 71.0 Å². The largest absolute Gasteiger partial charge is 0.507 e. The number of piperidine rings is 1. The van der Waals surface area contributed by atoms with Crippen LogP contribution in [0.25, 0.3) is 17.0 Å². The fourth-order valence-electron chi connectivity index (χ4n) is 4.80. The molecule has 174 valence electrons. The summed E-state index contributed by atoms with van der Waals surface area (Å²) in [6, 6.07) is 15.3. The lowest BCUT2D eigenvalue weighted by molar-refractivity contribution is -0.132. The molecular formula is C26H25N3O5. The Hall–Kier alpha value is -3.91. The average molecular weight is 460 g/mol. The number of aliphatic hydroxyl groups excluding tert-OH is 1. The van der Waals surface area contributed by atoms with Gasteiger partial charge >= 0.3 is 0 Å².